The maximum absolute atomic E-state index is 12.0. The molecule has 0 bridgehead atoms. The summed E-state index contributed by atoms with van der Waals surface area (Å²) >= 11 is 7.70. The summed E-state index contributed by atoms with van der Waals surface area (Å²) in [7, 11) is 3.07. The Morgan fingerprint density at radius 2 is 1.78 bits per heavy atom. The van der Waals surface area contributed by atoms with E-state index in [0.717, 1.165) is 5.75 Å². The second kappa shape index (κ2) is 8.70. The van der Waals surface area contributed by atoms with Crippen molar-refractivity contribution in [3.63, 3.8) is 0 Å². The quantitative estimate of drug-likeness (QED) is 0.811. The zero-order chi connectivity index (χ0) is 16.7. The number of thioether (sulfide) groups is 1. The van der Waals surface area contributed by atoms with Gasteiger partial charge >= 0.3 is 0 Å². The van der Waals surface area contributed by atoms with Crippen molar-refractivity contribution in [2.45, 2.75) is 5.75 Å². The van der Waals surface area contributed by atoms with E-state index in [2.05, 4.69) is 5.32 Å². The molecule has 0 unspecified atom stereocenters. The highest BCUT2D eigenvalue weighted by atomic mass is 35.5. The van der Waals surface area contributed by atoms with Crippen molar-refractivity contribution in [2.75, 3.05) is 25.3 Å². The lowest BCUT2D eigenvalue weighted by Gasteiger charge is -2.12. The number of carbonyl (C=O) groups excluding carboxylic acids is 1. The van der Waals surface area contributed by atoms with E-state index >= 15 is 0 Å². The van der Waals surface area contributed by atoms with Gasteiger partial charge in [0.15, 0.2) is 11.5 Å². The van der Waals surface area contributed by atoms with Gasteiger partial charge in [-0.15, -0.1) is 11.8 Å². The molecule has 0 saturated carbocycles. The average Bonchev–Trinajstić information content (AvgIpc) is 2.57. The fourth-order valence-electron chi connectivity index (χ4n) is 1.97. The molecule has 0 fully saturated rings. The number of hydrogen-bond donors (Lipinski definition) is 1. The lowest BCUT2D eigenvalue weighted by molar-refractivity contribution is -0.113. The Balaban J connectivity index is 1.92. The Bertz CT molecular complexity index is 664. The average molecular weight is 352 g/mol. The maximum atomic E-state index is 12.0. The van der Waals surface area contributed by atoms with Crippen LogP contribution < -0.4 is 14.8 Å². The SMILES string of the molecule is COc1cc(Cl)c(NC(=O)CSCc2ccccc2)cc1OC. The molecule has 6 heteroatoms. The van der Waals surface area contributed by atoms with Gasteiger partial charge in [0.1, 0.15) is 0 Å². The maximum Gasteiger partial charge on any atom is 0.234 e. The second-order valence-electron chi connectivity index (χ2n) is 4.71. The van der Waals surface area contributed by atoms with Crippen molar-refractivity contribution in [1.82, 2.24) is 0 Å². The number of halogens is 1. The monoisotopic (exact) mass is 351 g/mol. The largest absolute Gasteiger partial charge is 0.493 e. The number of carbonyl (C=O) groups is 1. The Labute approximate surface area is 145 Å². The van der Waals surface area contributed by atoms with Gasteiger partial charge < -0.3 is 14.8 Å². The molecule has 0 saturated heterocycles. The number of anilines is 1. The van der Waals surface area contributed by atoms with Crippen molar-refractivity contribution in [1.29, 1.82) is 0 Å². The molecule has 0 aliphatic heterocycles. The summed E-state index contributed by atoms with van der Waals surface area (Å²) in [6.45, 7) is 0. The molecule has 0 atom stereocenters. The molecule has 23 heavy (non-hydrogen) atoms. The van der Waals surface area contributed by atoms with Crippen molar-refractivity contribution < 1.29 is 14.3 Å². The van der Waals surface area contributed by atoms with Crippen LogP contribution in [0.4, 0.5) is 5.69 Å². The van der Waals surface area contributed by atoms with Gasteiger partial charge in [-0.2, -0.15) is 0 Å². The minimum Gasteiger partial charge on any atom is -0.493 e. The summed E-state index contributed by atoms with van der Waals surface area (Å²) < 4.78 is 10.4. The first-order chi connectivity index (χ1) is 11.1. The number of methoxy groups -OCH3 is 2. The van der Waals surface area contributed by atoms with Gasteiger partial charge in [-0.25, -0.2) is 0 Å². The van der Waals surface area contributed by atoms with Crippen LogP contribution in [-0.2, 0) is 10.5 Å². The second-order valence-corrected chi connectivity index (χ2v) is 6.11. The third-order valence-electron chi connectivity index (χ3n) is 3.09. The van der Waals surface area contributed by atoms with E-state index < -0.39 is 0 Å². The van der Waals surface area contributed by atoms with Gasteiger partial charge in [0.2, 0.25) is 5.91 Å². The van der Waals surface area contributed by atoms with Crippen LogP contribution in [0.2, 0.25) is 5.02 Å². The zero-order valence-electron chi connectivity index (χ0n) is 13.0. The highest BCUT2D eigenvalue weighted by Gasteiger charge is 2.12. The smallest absolute Gasteiger partial charge is 0.234 e. The van der Waals surface area contributed by atoms with E-state index in [1.807, 2.05) is 30.3 Å². The number of rotatable bonds is 7. The van der Waals surface area contributed by atoms with E-state index in [1.54, 1.807) is 23.9 Å². The van der Waals surface area contributed by atoms with Crippen LogP contribution in [0, 0.1) is 0 Å². The normalized spacial score (nSPS) is 10.2. The van der Waals surface area contributed by atoms with E-state index in [1.165, 1.54) is 19.8 Å². The Morgan fingerprint density at radius 1 is 1.13 bits per heavy atom. The van der Waals surface area contributed by atoms with Gasteiger partial charge in [0.05, 0.1) is 30.7 Å². The molecule has 4 nitrogen and oxygen atoms in total. The molecule has 0 aliphatic rings. The minimum atomic E-state index is -0.111. The number of ether oxygens (including phenoxy) is 2. The summed E-state index contributed by atoms with van der Waals surface area (Å²) in [5.41, 5.74) is 1.70. The first-order valence-corrected chi connectivity index (χ1v) is 8.50. The lowest BCUT2D eigenvalue weighted by atomic mass is 10.2. The van der Waals surface area contributed by atoms with Crippen molar-refractivity contribution >= 4 is 35.0 Å². The molecule has 2 aromatic rings. The summed E-state index contributed by atoms with van der Waals surface area (Å²) in [6, 6.07) is 13.3. The summed E-state index contributed by atoms with van der Waals surface area (Å²) in [4.78, 5) is 12.0. The fourth-order valence-corrected chi connectivity index (χ4v) is 2.96. The van der Waals surface area contributed by atoms with E-state index in [4.69, 9.17) is 21.1 Å². The zero-order valence-corrected chi connectivity index (χ0v) is 14.5. The number of nitrogens with one attached hydrogen (secondary N) is 1. The van der Waals surface area contributed by atoms with Gasteiger partial charge in [-0.1, -0.05) is 41.9 Å². The van der Waals surface area contributed by atoms with Crippen LogP contribution in [0.15, 0.2) is 42.5 Å². The van der Waals surface area contributed by atoms with Gasteiger partial charge in [-0.3, -0.25) is 4.79 Å². The molecule has 0 radical (unpaired) electrons. The standard InChI is InChI=1S/C17H18ClNO3S/c1-21-15-8-13(18)14(9-16(15)22-2)19-17(20)11-23-10-12-6-4-3-5-7-12/h3-9H,10-11H2,1-2H3,(H,19,20). The molecule has 2 rings (SSSR count). The van der Waals surface area contributed by atoms with Crippen molar-refractivity contribution in [3.8, 4) is 11.5 Å². The molecule has 0 spiro atoms. The Morgan fingerprint density at radius 3 is 2.43 bits per heavy atom. The highest BCUT2D eigenvalue weighted by molar-refractivity contribution is 7.99. The number of amides is 1. The minimum absolute atomic E-state index is 0.111. The van der Waals surface area contributed by atoms with Gasteiger partial charge in [0, 0.05) is 17.9 Å². The molecular weight excluding hydrogens is 334 g/mol. The third-order valence-corrected chi connectivity index (χ3v) is 4.41. The Hall–Kier alpha value is -1.85. The molecule has 0 aliphatic carbocycles. The Kier molecular flexibility index (Phi) is 6.62. The van der Waals surface area contributed by atoms with Crippen LogP contribution in [0.5, 0.6) is 11.5 Å². The molecule has 0 heterocycles. The molecule has 2 aromatic carbocycles. The van der Waals surface area contributed by atoms with Crippen molar-refractivity contribution in [2.24, 2.45) is 0 Å². The summed E-state index contributed by atoms with van der Waals surface area (Å²) in [6.07, 6.45) is 0. The van der Waals surface area contributed by atoms with E-state index in [9.17, 15) is 4.79 Å². The van der Waals surface area contributed by atoms with Crippen LogP contribution in [0.25, 0.3) is 0 Å². The first kappa shape index (κ1) is 17.5. The predicted molar refractivity (Wildman–Crippen MR) is 95.8 cm³/mol. The van der Waals surface area contributed by atoms with Gasteiger partial charge in [-0.05, 0) is 5.56 Å². The van der Waals surface area contributed by atoms with Crippen LogP contribution in [0.3, 0.4) is 0 Å². The summed E-state index contributed by atoms with van der Waals surface area (Å²) in [5.74, 6) is 2.06. The van der Waals surface area contributed by atoms with Gasteiger partial charge in [0.25, 0.3) is 0 Å². The predicted octanol–water partition coefficient (Wildman–Crippen LogP) is 4.23. The van der Waals surface area contributed by atoms with E-state index in [-0.39, 0.29) is 5.91 Å². The molecule has 122 valence electrons. The molecule has 1 amide bonds. The topological polar surface area (TPSA) is 47.6 Å². The van der Waals surface area contributed by atoms with Crippen LogP contribution in [0.1, 0.15) is 5.56 Å². The van der Waals surface area contributed by atoms with Crippen LogP contribution >= 0.6 is 23.4 Å². The molecule has 1 N–H and O–H groups in total. The highest BCUT2D eigenvalue weighted by Crippen LogP contribution is 2.36. The van der Waals surface area contributed by atoms with Crippen molar-refractivity contribution in [3.05, 3.63) is 53.1 Å². The summed E-state index contributed by atoms with van der Waals surface area (Å²) in [5, 5.41) is 3.20. The third kappa shape index (κ3) is 5.08. The van der Waals surface area contributed by atoms with E-state index in [0.29, 0.717) is 28.0 Å². The molecule has 0 aromatic heterocycles. The first-order valence-electron chi connectivity index (χ1n) is 6.97. The molecular formula is C17H18ClNO3S. The number of benzene rings is 2. The fraction of sp³-hybridized carbons (Fsp3) is 0.235. The number of hydrogen-bond acceptors (Lipinski definition) is 4. The lowest BCUT2D eigenvalue weighted by Crippen LogP contribution is -2.14. The van der Waals surface area contributed by atoms with Crippen LogP contribution in [-0.4, -0.2) is 25.9 Å².